The van der Waals surface area contributed by atoms with Crippen LogP contribution in [0.4, 0.5) is 0 Å². The van der Waals surface area contributed by atoms with Gasteiger partial charge in [0.2, 0.25) is 0 Å². The molecule has 0 aliphatic rings. The highest BCUT2D eigenvalue weighted by atomic mass is 32.1. The van der Waals surface area contributed by atoms with Crippen molar-refractivity contribution in [3.8, 4) is 6.07 Å². The lowest BCUT2D eigenvalue weighted by atomic mass is 10.1. The molecule has 1 atom stereocenters. The van der Waals surface area contributed by atoms with E-state index in [0.29, 0.717) is 12.5 Å². The van der Waals surface area contributed by atoms with Gasteiger partial charge in [-0.2, -0.15) is 5.26 Å². The van der Waals surface area contributed by atoms with Gasteiger partial charge in [-0.3, -0.25) is 0 Å². The zero-order valence-electron chi connectivity index (χ0n) is 7.29. The largest absolute Gasteiger partial charge is 0.313 e. The van der Waals surface area contributed by atoms with Gasteiger partial charge in [-0.1, -0.05) is 0 Å². The van der Waals surface area contributed by atoms with Crippen LogP contribution in [0, 0.1) is 11.3 Å². The minimum absolute atomic E-state index is 0.383. The van der Waals surface area contributed by atoms with Gasteiger partial charge in [-0.25, -0.2) is 0 Å². The maximum Gasteiger partial charge on any atom is 0.0695 e. The van der Waals surface area contributed by atoms with Crippen molar-refractivity contribution in [3.63, 3.8) is 0 Å². The number of nitrogens with zero attached hydrogens (tertiary/aromatic N) is 1. The van der Waals surface area contributed by atoms with Gasteiger partial charge in [0.05, 0.1) is 12.5 Å². The second-order valence-electron chi connectivity index (χ2n) is 2.69. The van der Waals surface area contributed by atoms with E-state index in [2.05, 4.69) is 29.8 Å². The quantitative estimate of drug-likeness (QED) is 0.773. The summed E-state index contributed by atoms with van der Waals surface area (Å²) in [5.41, 5.74) is 1.27. The minimum atomic E-state index is 0.383. The van der Waals surface area contributed by atoms with Crippen LogP contribution in [0.25, 0.3) is 0 Å². The SMILES string of the molecule is CN[C@@H](C)c1csc(CC#N)c1. The number of hydrogen-bond acceptors (Lipinski definition) is 3. The maximum atomic E-state index is 8.47. The van der Waals surface area contributed by atoms with E-state index in [1.807, 2.05) is 7.05 Å². The average Bonchev–Trinajstić information content (AvgIpc) is 2.52. The van der Waals surface area contributed by atoms with E-state index in [1.165, 1.54) is 5.56 Å². The molecule has 64 valence electrons. The second kappa shape index (κ2) is 4.24. The Morgan fingerprint density at radius 1 is 1.75 bits per heavy atom. The summed E-state index contributed by atoms with van der Waals surface area (Å²) in [4.78, 5) is 1.15. The van der Waals surface area contributed by atoms with Crippen molar-refractivity contribution < 1.29 is 0 Å². The fourth-order valence-corrected chi connectivity index (χ4v) is 1.87. The standard InChI is InChI=1S/C9H12N2S/c1-7(11-2)8-5-9(3-4-10)12-6-8/h5-7,11H,3H2,1-2H3/t7-/m0/s1. The Hall–Kier alpha value is -0.850. The third-order valence-corrected chi connectivity index (χ3v) is 2.82. The molecule has 0 fully saturated rings. The molecule has 12 heavy (non-hydrogen) atoms. The van der Waals surface area contributed by atoms with E-state index in [4.69, 9.17) is 5.26 Å². The number of rotatable bonds is 3. The molecule has 0 radical (unpaired) electrons. The molecule has 1 N–H and O–H groups in total. The third-order valence-electron chi connectivity index (χ3n) is 1.86. The van der Waals surface area contributed by atoms with Crippen LogP contribution >= 0.6 is 11.3 Å². The molecule has 0 saturated heterocycles. The Morgan fingerprint density at radius 3 is 3.08 bits per heavy atom. The molecule has 0 bridgehead atoms. The summed E-state index contributed by atoms with van der Waals surface area (Å²) < 4.78 is 0. The predicted molar refractivity (Wildman–Crippen MR) is 51.1 cm³/mol. The van der Waals surface area contributed by atoms with Crippen molar-refractivity contribution >= 4 is 11.3 Å². The van der Waals surface area contributed by atoms with Crippen LogP contribution < -0.4 is 5.32 Å². The first-order valence-electron chi connectivity index (χ1n) is 3.89. The van der Waals surface area contributed by atoms with Crippen molar-refractivity contribution in [2.45, 2.75) is 19.4 Å². The lowest BCUT2D eigenvalue weighted by Gasteiger charge is -2.05. The van der Waals surface area contributed by atoms with E-state index >= 15 is 0 Å². The van der Waals surface area contributed by atoms with Crippen LogP contribution in [0.3, 0.4) is 0 Å². The molecule has 3 heteroatoms. The highest BCUT2D eigenvalue weighted by Crippen LogP contribution is 2.20. The van der Waals surface area contributed by atoms with Crippen LogP contribution in [0.2, 0.25) is 0 Å². The molecule has 0 aliphatic carbocycles. The maximum absolute atomic E-state index is 8.47. The minimum Gasteiger partial charge on any atom is -0.313 e. The predicted octanol–water partition coefficient (Wildman–Crippen LogP) is 2.09. The van der Waals surface area contributed by atoms with Crippen molar-refractivity contribution in [2.24, 2.45) is 0 Å². The summed E-state index contributed by atoms with van der Waals surface area (Å²) in [5.74, 6) is 0. The van der Waals surface area contributed by atoms with Gasteiger partial charge in [0.25, 0.3) is 0 Å². The van der Waals surface area contributed by atoms with E-state index < -0.39 is 0 Å². The van der Waals surface area contributed by atoms with Gasteiger partial charge >= 0.3 is 0 Å². The van der Waals surface area contributed by atoms with Gasteiger partial charge in [0.1, 0.15) is 0 Å². The van der Waals surface area contributed by atoms with Crippen molar-refractivity contribution in [1.29, 1.82) is 5.26 Å². The Balaban J connectivity index is 2.71. The van der Waals surface area contributed by atoms with E-state index in [0.717, 1.165) is 4.88 Å². The first-order chi connectivity index (χ1) is 5.77. The zero-order chi connectivity index (χ0) is 8.97. The Labute approximate surface area is 76.8 Å². The second-order valence-corrected chi connectivity index (χ2v) is 3.69. The van der Waals surface area contributed by atoms with Crippen LogP contribution in [-0.4, -0.2) is 7.05 Å². The molecule has 0 unspecified atom stereocenters. The normalized spacial score (nSPS) is 12.4. The summed E-state index contributed by atoms with van der Waals surface area (Å²) in [5, 5.41) is 13.7. The zero-order valence-corrected chi connectivity index (χ0v) is 8.11. The molecule has 0 saturated carbocycles. The van der Waals surface area contributed by atoms with Gasteiger partial charge in [-0.15, -0.1) is 11.3 Å². The van der Waals surface area contributed by atoms with Crippen LogP contribution in [0.15, 0.2) is 11.4 Å². The lowest BCUT2D eigenvalue weighted by Crippen LogP contribution is -2.11. The van der Waals surface area contributed by atoms with Crippen LogP contribution in [-0.2, 0) is 6.42 Å². The Kier molecular flexibility index (Phi) is 3.27. The molecule has 1 heterocycles. The molecule has 0 spiro atoms. The Bertz CT molecular complexity index is 285. The van der Waals surface area contributed by atoms with Gasteiger partial charge in [-0.05, 0) is 31.0 Å². The number of hydrogen-bond donors (Lipinski definition) is 1. The topological polar surface area (TPSA) is 35.8 Å². The van der Waals surface area contributed by atoms with Crippen molar-refractivity contribution in [2.75, 3.05) is 7.05 Å². The highest BCUT2D eigenvalue weighted by Gasteiger charge is 2.04. The van der Waals surface area contributed by atoms with Crippen LogP contribution in [0.1, 0.15) is 23.4 Å². The summed E-state index contributed by atoms with van der Waals surface area (Å²) >= 11 is 1.66. The van der Waals surface area contributed by atoms with Gasteiger partial charge in [0.15, 0.2) is 0 Å². The van der Waals surface area contributed by atoms with Crippen molar-refractivity contribution in [3.05, 3.63) is 21.9 Å². The van der Waals surface area contributed by atoms with Crippen molar-refractivity contribution in [1.82, 2.24) is 5.32 Å². The smallest absolute Gasteiger partial charge is 0.0695 e. The molecule has 2 nitrogen and oxygen atoms in total. The summed E-state index contributed by atoms with van der Waals surface area (Å²) in [6.07, 6.45) is 0.529. The number of thiophene rings is 1. The van der Waals surface area contributed by atoms with Crippen LogP contribution in [0.5, 0.6) is 0 Å². The highest BCUT2D eigenvalue weighted by molar-refractivity contribution is 7.10. The molecule has 0 aromatic carbocycles. The van der Waals surface area contributed by atoms with E-state index in [1.54, 1.807) is 11.3 Å². The van der Waals surface area contributed by atoms with Gasteiger partial charge in [0, 0.05) is 10.9 Å². The number of nitriles is 1. The first kappa shape index (κ1) is 9.24. The monoisotopic (exact) mass is 180 g/mol. The fraction of sp³-hybridized carbons (Fsp3) is 0.444. The summed E-state index contributed by atoms with van der Waals surface area (Å²) in [6.45, 7) is 2.11. The average molecular weight is 180 g/mol. The number of nitrogens with one attached hydrogen (secondary N) is 1. The Morgan fingerprint density at radius 2 is 2.50 bits per heavy atom. The third kappa shape index (κ3) is 2.07. The molecule has 0 amide bonds. The molecule has 0 aliphatic heterocycles. The van der Waals surface area contributed by atoms with Gasteiger partial charge < -0.3 is 5.32 Å². The first-order valence-corrected chi connectivity index (χ1v) is 4.77. The van der Waals surface area contributed by atoms with E-state index in [-0.39, 0.29) is 0 Å². The van der Waals surface area contributed by atoms with E-state index in [9.17, 15) is 0 Å². The molecule has 1 aromatic rings. The molecular weight excluding hydrogens is 168 g/mol. The molecular formula is C9H12N2S. The molecule has 1 aromatic heterocycles. The fourth-order valence-electron chi connectivity index (χ4n) is 0.962. The summed E-state index contributed by atoms with van der Waals surface area (Å²) in [6, 6.07) is 4.62. The lowest BCUT2D eigenvalue weighted by molar-refractivity contribution is 0.654. The summed E-state index contributed by atoms with van der Waals surface area (Å²) in [7, 11) is 1.94. The molecule has 1 rings (SSSR count).